The lowest BCUT2D eigenvalue weighted by atomic mass is 10.1. The van der Waals surface area contributed by atoms with Gasteiger partial charge in [-0.15, -0.1) is 0 Å². The number of aromatic nitrogens is 3. The Labute approximate surface area is 224 Å². The lowest BCUT2D eigenvalue weighted by molar-refractivity contribution is -0.117. The maximum atomic E-state index is 13.2. The number of amides is 1. The molecule has 0 saturated carbocycles. The zero-order chi connectivity index (χ0) is 26.8. The normalized spacial score (nSPS) is 15.5. The van der Waals surface area contributed by atoms with Gasteiger partial charge in [0, 0.05) is 18.7 Å². The highest BCUT2D eigenvalue weighted by atomic mass is 32.1. The first-order chi connectivity index (χ1) is 18.4. The summed E-state index contributed by atoms with van der Waals surface area (Å²) >= 11 is 1.17. The molecule has 1 saturated heterocycles. The smallest absolute Gasteiger partial charge is 0.350 e. The molecule has 200 valence electrons. The van der Waals surface area contributed by atoms with E-state index < -0.39 is 5.97 Å². The van der Waals surface area contributed by atoms with Gasteiger partial charge in [-0.25, -0.2) is 9.78 Å². The van der Waals surface area contributed by atoms with Gasteiger partial charge in [0.05, 0.1) is 38.5 Å². The van der Waals surface area contributed by atoms with Crippen molar-refractivity contribution in [2.45, 2.75) is 45.8 Å². The van der Waals surface area contributed by atoms with Crippen molar-refractivity contribution in [3.63, 3.8) is 0 Å². The predicted octanol–water partition coefficient (Wildman–Crippen LogP) is 3.22. The summed E-state index contributed by atoms with van der Waals surface area (Å²) in [7, 11) is 1.61. The minimum Gasteiger partial charge on any atom is -0.497 e. The molecule has 1 amide bonds. The van der Waals surface area contributed by atoms with Gasteiger partial charge in [0.15, 0.2) is 5.13 Å². The maximum Gasteiger partial charge on any atom is 0.350 e. The molecule has 0 atom stereocenters. The first kappa shape index (κ1) is 25.9. The van der Waals surface area contributed by atoms with E-state index in [1.165, 1.54) is 11.3 Å². The van der Waals surface area contributed by atoms with Crippen molar-refractivity contribution in [1.82, 2.24) is 15.0 Å². The van der Waals surface area contributed by atoms with E-state index >= 15 is 0 Å². The zero-order valence-electron chi connectivity index (χ0n) is 21.6. The van der Waals surface area contributed by atoms with E-state index in [2.05, 4.69) is 15.2 Å². The number of esters is 1. The van der Waals surface area contributed by atoms with Crippen LogP contribution in [0, 0.1) is 6.92 Å². The van der Waals surface area contributed by atoms with Crippen LogP contribution in [-0.2, 0) is 22.5 Å². The third-order valence-corrected chi connectivity index (χ3v) is 7.62. The molecule has 3 aromatic rings. The molecule has 12 heteroatoms. The number of anilines is 4. The molecule has 0 spiro atoms. The molecule has 2 N–H and O–H groups in total. The van der Waals surface area contributed by atoms with Gasteiger partial charge in [-0.1, -0.05) is 23.5 Å². The van der Waals surface area contributed by atoms with Gasteiger partial charge in [-0.05, 0) is 44.4 Å². The largest absolute Gasteiger partial charge is 0.497 e. The fraction of sp³-hybridized carbons (Fsp3) is 0.423. The van der Waals surface area contributed by atoms with Crippen LogP contribution in [0.5, 0.6) is 5.75 Å². The molecule has 2 aliphatic heterocycles. The summed E-state index contributed by atoms with van der Waals surface area (Å²) < 4.78 is 10.5. The molecular weight excluding hydrogens is 508 g/mol. The number of aliphatic hydroxyl groups excluding tert-OH is 1. The highest BCUT2D eigenvalue weighted by Gasteiger charge is 2.35. The van der Waals surface area contributed by atoms with Crippen molar-refractivity contribution in [2.24, 2.45) is 0 Å². The molecule has 0 radical (unpaired) electrons. The van der Waals surface area contributed by atoms with Crippen LogP contribution in [0.25, 0.3) is 0 Å². The predicted molar refractivity (Wildman–Crippen MR) is 143 cm³/mol. The number of nitrogens with one attached hydrogen (secondary N) is 1. The molecule has 0 aliphatic carbocycles. The van der Waals surface area contributed by atoms with E-state index in [0.29, 0.717) is 65.6 Å². The summed E-state index contributed by atoms with van der Waals surface area (Å²) in [5.74, 6) is 1.71. The molecule has 11 nitrogen and oxygen atoms in total. The number of ether oxygens (including phenoxy) is 2. The number of aryl methyl sites for hydroxylation is 1. The number of benzene rings is 1. The van der Waals surface area contributed by atoms with E-state index in [-0.39, 0.29) is 31.0 Å². The Bertz CT molecular complexity index is 1350. The van der Waals surface area contributed by atoms with E-state index in [9.17, 15) is 14.7 Å². The van der Waals surface area contributed by atoms with E-state index in [1.807, 2.05) is 24.3 Å². The fourth-order valence-electron chi connectivity index (χ4n) is 4.65. The summed E-state index contributed by atoms with van der Waals surface area (Å²) in [6, 6.07) is 7.58. The van der Waals surface area contributed by atoms with E-state index in [4.69, 9.17) is 19.4 Å². The molecule has 0 unspecified atom stereocenters. The molecule has 2 aromatic heterocycles. The van der Waals surface area contributed by atoms with Gasteiger partial charge < -0.3 is 19.5 Å². The van der Waals surface area contributed by atoms with E-state index in [1.54, 1.807) is 25.9 Å². The Morgan fingerprint density at radius 2 is 1.97 bits per heavy atom. The van der Waals surface area contributed by atoms with Crippen molar-refractivity contribution in [1.29, 1.82) is 0 Å². The summed E-state index contributed by atoms with van der Waals surface area (Å²) in [4.78, 5) is 43.6. The lowest BCUT2D eigenvalue weighted by Gasteiger charge is -2.31. The Kier molecular flexibility index (Phi) is 7.43. The van der Waals surface area contributed by atoms with Gasteiger partial charge in [0.1, 0.15) is 22.3 Å². The standard InChI is InChI=1S/C26H30N6O5S/c1-4-37-24(35)21-15(2)27-26(38-21)30-25-28-22(31-10-8-17(33)9-11-31)19-13-20(34)32(23(19)29-25)14-16-6-5-7-18(12-16)36-3/h5-7,12,17,33H,4,8-11,13-14H2,1-3H3,(H,27,28,29,30). The van der Waals surface area contributed by atoms with Crippen molar-refractivity contribution in [2.75, 3.05) is 41.9 Å². The number of methoxy groups -OCH3 is 1. The van der Waals surface area contributed by atoms with Crippen LogP contribution in [0.4, 0.5) is 22.7 Å². The Morgan fingerprint density at radius 1 is 1.21 bits per heavy atom. The second-order valence-corrected chi connectivity index (χ2v) is 10.2. The number of hydrogen-bond acceptors (Lipinski definition) is 11. The van der Waals surface area contributed by atoms with Crippen LogP contribution in [-0.4, -0.2) is 64.8 Å². The summed E-state index contributed by atoms with van der Waals surface area (Å²) in [6.07, 6.45) is 1.09. The number of piperidine rings is 1. The van der Waals surface area contributed by atoms with Crippen LogP contribution in [0.2, 0.25) is 0 Å². The molecule has 1 aromatic carbocycles. The molecule has 0 bridgehead atoms. The highest BCUT2D eigenvalue weighted by molar-refractivity contribution is 7.17. The number of hydrogen-bond donors (Lipinski definition) is 2. The fourth-order valence-corrected chi connectivity index (χ4v) is 5.50. The number of thiazole rings is 1. The number of carbonyl (C=O) groups is 2. The van der Waals surface area contributed by atoms with Gasteiger partial charge in [0.25, 0.3) is 0 Å². The maximum absolute atomic E-state index is 13.2. The number of nitrogens with zero attached hydrogens (tertiary/aromatic N) is 5. The van der Waals surface area contributed by atoms with Gasteiger partial charge in [0.2, 0.25) is 11.9 Å². The topological polar surface area (TPSA) is 130 Å². The lowest BCUT2D eigenvalue weighted by Crippen LogP contribution is -2.37. The third-order valence-electron chi connectivity index (χ3n) is 6.56. The Balaban J connectivity index is 1.51. The second kappa shape index (κ2) is 10.9. The number of fused-ring (bicyclic) bond motifs is 1. The zero-order valence-corrected chi connectivity index (χ0v) is 22.4. The van der Waals surface area contributed by atoms with Gasteiger partial charge >= 0.3 is 5.97 Å². The minimum absolute atomic E-state index is 0.0674. The van der Waals surface area contributed by atoms with Crippen LogP contribution in [0.15, 0.2) is 24.3 Å². The van der Waals surface area contributed by atoms with E-state index in [0.717, 1.165) is 11.1 Å². The number of carbonyl (C=O) groups excluding carboxylic acids is 2. The average Bonchev–Trinajstić information content (AvgIpc) is 3.43. The first-order valence-electron chi connectivity index (χ1n) is 12.5. The quantitative estimate of drug-likeness (QED) is 0.412. The van der Waals surface area contributed by atoms with Crippen LogP contribution < -0.4 is 19.9 Å². The van der Waals surface area contributed by atoms with Crippen molar-refractivity contribution < 1.29 is 24.2 Å². The van der Waals surface area contributed by atoms with Crippen LogP contribution >= 0.6 is 11.3 Å². The third kappa shape index (κ3) is 5.27. The van der Waals surface area contributed by atoms with Crippen LogP contribution in [0.1, 0.15) is 46.3 Å². The summed E-state index contributed by atoms with van der Waals surface area (Å²) in [5.41, 5.74) is 2.23. The Hall–Kier alpha value is -3.77. The molecule has 1 fully saturated rings. The number of rotatable bonds is 8. The molecule has 2 aliphatic rings. The highest BCUT2D eigenvalue weighted by Crippen LogP contribution is 2.38. The molecule has 4 heterocycles. The molecular formula is C26H30N6O5S. The molecule has 5 rings (SSSR count). The van der Waals surface area contributed by atoms with Gasteiger partial charge in [-0.3, -0.25) is 15.0 Å². The number of aliphatic hydroxyl groups is 1. The SMILES string of the molecule is CCOC(=O)c1sc(Nc2nc(N3CCC(O)CC3)c3c(n2)N(Cc2cccc(OC)c2)C(=O)C3)nc1C. The summed E-state index contributed by atoms with van der Waals surface area (Å²) in [6.45, 7) is 5.36. The second-order valence-electron chi connectivity index (χ2n) is 9.18. The van der Waals surface area contributed by atoms with Crippen molar-refractivity contribution >= 4 is 45.9 Å². The molecule has 38 heavy (non-hydrogen) atoms. The van der Waals surface area contributed by atoms with Crippen molar-refractivity contribution in [3.05, 3.63) is 46.0 Å². The monoisotopic (exact) mass is 538 g/mol. The average molecular weight is 539 g/mol. The van der Waals surface area contributed by atoms with Crippen LogP contribution in [0.3, 0.4) is 0 Å². The summed E-state index contributed by atoms with van der Waals surface area (Å²) in [5, 5.41) is 13.6. The Morgan fingerprint density at radius 3 is 2.71 bits per heavy atom. The van der Waals surface area contributed by atoms with Gasteiger partial charge in [-0.2, -0.15) is 9.97 Å². The van der Waals surface area contributed by atoms with Crippen molar-refractivity contribution in [3.8, 4) is 5.75 Å². The first-order valence-corrected chi connectivity index (χ1v) is 13.4. The minimum atomic E-state index is -0.423.